The van der Waals surface area contributed by atoms with Crippen molar-refractivity contribution >= 4 is 27.3 Å². The van der Waals surface area contributed by atoms with E-state index in [2.05, 4.69) is 46.4 Å². The van der Waals surface area contributed by atoms with Gasteiger partial charge in [0.2, 0.25) is 0 Å². The number of nitrogens with two attached hydrogens (primary N) is 1. The number of nitrogen functional groups attached to an aromatic ring is 1. The Morgan fingerprint density at radius 1 is 1.18 bits per heavy atom. The van der Waals surface area contributed by atoms with Crippen LogP contribution in [0.25, 0.3) is 0 Å². The summed E-state index contributed by atoms with van der Waals surface area (Å²) in [7, 11) is 0. The van der Waals surface area contributed by atoms with Gasteiger partial charge in [-0.3, -0.25) is 0 Å². The van der Waals surface area contributed by atoms with Crippen LogP contribution in [0.2, 0.25) is 0 Å². The first-order valence-corrected chi connectivity index (χ1v) is 6.29. The van der Waals surface area contributed by atoms with Crippen molar-refractivity contribution in [3.8, 4) is 0 Å². The average Bonchev–Trinajstić information content (AvgIpc) is 2.28. The van der Waals surface area contributed by atoms with Crippen LogP contribution in [0.1, 0.15) is 11.1 Å². The molecule has 0 fully saturated rings. The Morgan fingerprint density at radius 2 is 2.00 bits per heavy atom. The minimum absolute atomic E-state index is 0.785. The van der Waals surface area contributed by atoms with Crippen LogP contribution in [0.15, 0.2) is 46.9 Å². The molecule has 3 N–H and O–H groups in total. The quantitative estimate of drug-likeness (QED) is 0.840. The summed E-state index contributed by atoms with van der Waals surface area (Å²) in [5, 5.41) is 3.41. The van der Waals surface area contributed by atoms with Gasteiger partial charge in [-0.05, 0) is 48.4 Å². The predicted molar refractivity (Wildman–Crippen MR) is 77.1 cm³/mol. The normalized spacial score (nSPS) is 10.2. The summed E-state index contributed by atoms with van der Waals surface area (Å²) in [5.41, 5.74) is 10.1. The zero-order valence-corrected chi connectivity index (χ0v) is 11.3. The van der Waals surface area contributed by atoms with Crippen LogP contribution in [-0.2, 0) is 6.54 Å². The summed E-state index contributed by atoms with van der Waals surface area (Å²) < 4.78 is 1.10. The van der Waals surface area contributed by atoms with Crippen molar-refractivity contribution in [1.82, 2.24) is 0 Å². The van der Waals surface area contributed by atoms with Gasteiger partial charge in [-0.2, -0.15) is 0 Å². The van der Waals surface area contributed by atoms with Crippen LogP contribution in [-0.4, -0.2) is 0 Å². The third kappa shape index (κ3) is 3.24. The molecular weight excluding hydrogens is 276 g/mol. The van der Waals surface area contributed by atoms with Gasteiger partial charge >= 0.3 is 0 Å². The summed E-state index contributed by atoms with van der Waals surface area (Å²) in [6.07, 6.45) is 0. The second-order valence-corrected chi connectivity index (χ2v) is 4.97. The van der Waals surface area contributed by atoms with Crippen molar-refractivity contribution in [2.45, 2.75) is 13.5 Å². The lowest BCUT2D eigenvalue weighted by Gasteiger charge is -2.10. The fraction of sp³-hybridized carbons (Fsp3) is 0.143. The monoisotopic (exact) mass is 290 g/mol. The number of aryl methyl sites for hydroxylation is 1. The molecule has 0 aliphatic heterocycles. The summed E-state index contributed by atoms with van der Waals surface area (Å²) in [5.74, 6) is 0. The second kappa shape index (κ2) is 5.23. The number of nitrogens with one attached hydrogen (secondary N) is 1. The molecule has 88 valence electrons. The first kappa shape index (κ1) is 12.0. The fourth-order valence-corrected chi connectivity index (χ4v) is 2.20. The minimum Gasteiger partial charge on any atom is -0.399 e. The Balaban J connectivity index is 2.07. The molecule has 2 aromatic rings. The number of halogens is 1. The molecule has 0 atom stereocenters. The van der Waals surface area contributed by atoms with E-state index in [-0.39, 0.29) is 0 Å². The van der Waals surface area contributed by atoms with E-state index >= 15 is 0 Å². The maximum Gasteiger partial charge on any atom is 0.0401 e. The summed E-state index contributed by atoms with van der Waals surface area (Å²) in [6.45, 7) is 2.87. The van der Waals surface area contributed by atoms with Gasteiger partial charge in [0.1, 0.15) is 0 Å². The van der Waals surface area contributed by atoms with E-state index in [0.717, 1.165) is 22.4 Å². The first-order valence-electron chi connectivity index (χ1n) is 5.49. The summed E-state index contributed by atoms with van der Waals surface area (Å²) in [4.78, 5) is 0. The molecule has 0 bridgehead atoms. The zero-order chi connectivity index (χ0) is 12.3. The Labute approximate surface area is 110 Å². The van der Waals surface area contributed by atoms with Gasteiger partial charge in [-0.1, -0.05) is 28.1 Å². The highest BCUT2D eigenvalue weighted by Crippen LogP contribution is 2.20. The molecule has 0 aliphatic rings. The number of hydrogen-bond acceptors (Lipinski definition) is 2. The predicted octanol–water partition coefficient (Wildman–Crippen LogP) is 3.95. The lowest BCUT2D eigenvalue weighted by molar-refractivity contribution is 1.14. The van der Waals surface area contributed by atoms with Gasteiger partial charge in [0.25, 0.3) is 0 Å². The Morgan fingerprint density at radius 3 is 2.71 bits per heavy atom. The van der Waals surface area contributed by atoms with Crippen molar-refractivity contribution in [2.75, 3.05) is 11.1 Å². The highest BCUT2D eigenvalue weighted by Gasteiger charge is 1.99. The van der Waals surface area contributed by atoms with Crippen molar-refractivity contribution in [2.24, 2.45) is 0 Å². The van der Waals surface area contributed by atoms with Gasteiger partial charge in [0, 0.05) is 22.4 Å². The minimum atomic E-state index is 0.785. The van der Waals surface area contributed by atoms with Gasteiger partial charge in [-0.15, -0.1) is 0 Å². The van der Waals surface area contributed by atoms with E-state index in [0.29, 0.717) is 0 Å². The molecule has 0 unspecified atom stereocenters. The lowest BCUT2D eigenvalue weighted by Crippen LogP contribution is -2.01. The summed E-state index contributed by atoms with van der Waals surface area (Å²) >= 11 is 3.46. The molecule has 0 heterocycles. The fourth-order valence-electron chi connectivity index (χ4n) is 1.73. The Kier molecular flexibility index (Phi) is 3.69. The van der Waals surface area contributed by atoms with Gasteiger partial charge < -0.3 is 11.1 Å². The van der Waals surface area contributed by atoms with E-state index in [1.807, 2.05) is 24.3 Å². The van der Waals surface area contributed by atoms with Crippen LogP contribution < -0.4 is 11.1 Å². The van der Waals surface area contributed by atoms with Crippen molar-refractivity contribution in [3.05, 3.63) is 58.1 Å². The highest BCUT2D eigenvalue weighted by atomic mass is 79.9. The molecule has 17 heavy (non-hydrogen) atoms. The lowest BCUT2D eigenvalue weighted by atomic mass is 10.1. The number of rotatable bonds is 3. The maximum atomic E-state index is 5.74. The molecule has 0 aromatic heterocycles. The number of anilines is 2. The van der Waals surface area contributed by atoms with Gasteiger partial charge in [0.15, 0.2) is 0 Å². The maximum absolute atomic E-state index is 5.74. The van der Waals surface area contributed by atoms with Gasteiger partial charge in [-0.25, -0.2) is 0 Å². The summed E-state index contributed by atoms with van der Waals surface area (Å²) in [6, 6.07) is 14.1. The Hall–Kier alpha value is -1.48. The second-order valence-electron chi connectivity index (χ2n) is 4.06. The smallest absolute Gasteiger partial charge is 0.0401 e. The van der Waals surface area contributed by atoms with Crippen molar-refractivity contribution in [3.63, 3.8) is 0 Å². The van der Waals surface area contributed by atoms with Crippen LogP contribution in [0.3, 0.4) is 0 Å². The molecule has 0 amide bonds. The standard InChI is InChI=1S/C14H15BrN2/c1-10-7-12(15)5-6-14(10)17-9-11-3-2-4-13(16)8-11/h2-8,17H,9,16H2,1H3. The average molecular weight is 291 g/mol. The molecule has 2 aromatic carbocycles. The van der Waals surface area contributed by atoms with E-state index in [4.69, 9.17) is 5.73 Å². The van der Waals surface area contributed by atoms with E-state index in [1.165, 1.54) is 11.1 Å². The van der Waals surface area contributed by atoms with E-state index < -0.39 is 0 Å². The van der Waals surface area contributed by atoms with Gasteiger partial charge in [0.05, 0.1) is 0 Å². The number of benzene rings is 2. The topological polar surface area (TPSA) is 38.0 Å². The van der Waals surface area contributed by atoms with Crippen molar-refractivity contribution in [1.29, 1.82) is 0 Å². The van der Waals surface area contributed by atoms with Crippen LogP contribution in [0.4, 0.5) is 11.4 Å². The molecule has 0 saturated heterocycles. The van der Waals surface area contributed by atoms with E-state index in [1.54, 1.807) is 0 Å². The molecule has 0 saturated carbocycles. The third-order valence-electron chi connectivity index (χ3n) is 2.62. The first-order chi connectivity index (χ1) is 8.15. The third-order valence-corrected chi connectivity index (χ3v) is 3.12. The zero-order valence-electron chi connectivity index (χ0n) is 9.70. The van der Waals surface area contributed by atoms with Crippen LogP contribution in [0.5, 0.6) is 0 Å². The van der Waals surface area contributed by atoms with Crippen molar-refractivity contribution < 1.29 is 0 Å². The molecule has 2 rings (SSSR count). The molecular formula is C14H15BrN2. The molecule has 3 heteroatoms. The number of hydrogen-bond donors (Lipinski definition) is 2. The molecule has 2 nitrogen and oxygen atoms in total. The largest absolute Gasteiger partial charge is 0.399 e. The highest BCUT2D eigenvalue weighted by molar-refractivity contribution is 9.10. The Bertz CT molecular complexity index is 523. The SMILES string of the molecule is Cc1cc(Br)ccc1NCc1cccc(N)c1. The molecule has 0 radical (unpaired) electrons. The van der Waals surface area contributed by atoms with E-state index in [9.17, 15) is 0 Å². The van der Waals surface area contributed by atoms with Crippen LogP contribution in [0, 0.1) is 6.92 Å². The van der Waals surface area contributed by atoms with Crippen LogP contribution >= 0.6 is 15.9 Å². The molecule has 0 spiro atoms. The molecule has 0 aliphatic carbocycles.